The highest BCUT2D eigenvalue weighted by atomic mass is 35.5. The second kappa shape index (κ2) is 4.81. The van der Waals surface area contributed by atoms with E-state index in [-0.39, 0.29) is 17.0 Å². The first-order valence-corrected chi connectivity index (χ1v) is 6.41. The number of hydrogen-bond donors (Lipinski definition) is 1. The molecule has 0 aliphatic heterocycles. The fourth-order valence-electron chi connectivity index (χ4n) is 1.90. The van der Waals surface area contributed by atoms with Crippen molar-refractivity contribution in [1.29, 1.82) is 0 Å². The topological polar surface area (TPSA) is 63.3 Å². The van der Waals surface area contributed by atoms with E-state index in [0.29, 0.717) is 21.1 Å². The largest absolute Gasteiger partial charge is 0.478 e. The van der Waals surface area contributed by atoms with Gasteiger partial charge in [-0.3, -0.25) is 0 Å². The van der Waals surface area contributed by atoms with Gasteiger partial charge in [-0.05, 0) is 24.3 Å². The fraction of sp³-hybridized carbons (Fsp3) is 0. The average molecular weight is 308 g/mol. The molecule has 3 rings (SSSR count). The quantitative estimate of drug-likeness (QED) is 0.757. The van der Waals surface area contributed by atoms with Crippen LogP contribution < -0.4 is 0 Å². The molecule has 2 aromatic carbocycles. The molecule has 0 amide bonds. The van der Waals surface area contributed by atoms with Crippen molar-refractivity contribution in [2.45, 2.75) is 0 Å². The van der Waals surface area contributed by atoms with Crippen LogP contribution >= 0.6 is 23.2 Å². The van der Waals surface area contributed by atoms with Gasteiger partial charge in [0.25, 0.3) is 0 Å². The number of carboxylic acid groups (broad SMARTS) is 1. The molecule has 6 heteroatoms. The van der Waals surface area contributed by atoms with Crippen LogP contribution in [0, 0.1) is 0 Å². The van der Waals surface area contributed by atoms with Crippen molar-refractivity contribution >= 4 is 40.3 Å². The molecule has 0 aliphatic rings. The number of oxazole rings is 1. The number of carbonyl (C=O) groups is 1. The Bertz CT molecular complexity index is 826. The molecule has 0 spiro atoms. The molecule has 3 aromatic rings. The van der Waals surface area contributed by atoms with E-state index in [9.17, 15) is 4.79 Å². The third-order valence-corrected chi connectivity index (χ3v) is 3.65. The minimum absolute atomic E-state index is 0.0550. The van der Waals surface area contributed by atoms with Gasteiger partial charge in [-0.25, -0.2) is 9.78 Å². The number of halogens is 2. The number of nitrogens with zero attached hydrogens (tertiary/aromatic N) is 1. The van der Waals surface area contributed by atoms with Crippen molar-refractivity contribution in [2.75, 3.05) is 0 Å². The monoisotopic (exact) mass is 307 g/mol. The lowest BCUT2D eigenvalue weighted by Crippen LogP contribution is -1.95. The smallest absolute Gasteiger partial charge is 0.339 e. The average Bonchev–Trinajstić information content (AvgIpc) is 2.84. The van der Waals surface area contributed by atoms with Crippen molar-refractivity contribution in [3.8, 4) is 11.5 Å². The summed E-state index contributed by atoms with van der Waals surface area (Å²) in [6, 6.07) is 9.82. The summed E-state index contributed by atoms with van der Waals surface area (Å²) in [6.07, 6.45) is 0. The molecule has 0 atom stereocenters. The van der Waals surface area contributed by atoms with Crippen LogP contribution in [0.5, 0.6) is 0 Å². The van der Waals surface area contributed by atoms with E-state index in [1.165, 1.54) is 6.07 Å². The Hall–Kier alpha value is -2.04. The second-order valence-corrected chi connectivity index (χ2v) is 4.86. The number of aromatic carboxylic acids is 1. The molecule has 4 nitrogen and oxygen atoms in total. The maximum Gasteiger partial charge on any atom is 0.339 e. The molecule has 20 heavy (non-hydrogen) atoms. The van der Waals surface area contributed by atoms with Gasteiger partial charge in [0.15, 0.2) is 5.58 Å². The molecule has 1 N–H and O–H groups in total. The maximum atomic E-state index is 11.1. The molecule has 0 saturated heterocycles. The Kier molecular flexibility index (Phi) is 3.12. The maximum absolute atomic E-state index is 11.1. The van der Waals surface area contributed by atoms with E-state index in [2.05, 4.69) is 4.98 Å². The molecular weight excluding hydrogens is 301 g/mol. The number of para-hydroxylation sites is 1. The molecular formula is C14H7Cl2NO3. The summed E-state index contributed by atoms with van der Waals surface area (Å²) in [4.78, 5) is 15.4. The number of hydrogen-bond acceptors (Lipinski definition) is 3. The highest BCUT2D eigenvalue weighted by Gasteiger charge is 2.17. The van der Waals surface area contributed by atoms with Gasteiger partial charge in [0.1, 0.15) is 11.1 Å². The van der Waals surface area contributed by atoms with Gasteiger partial charge in [-0.1, -0.05) is 35.3 Å². The number of rotatable bonds is 2. The van der Waals surface area contributed by atoms with E-state index >= 15 is 0 Å². The van der Waals surface area contributed by atoms with Gasteiger partial charge in [-0.2, -0.15) is 0 Å². The van der Waals surface area contributed by atoms with E-state index in [1.807, 2.05) is 0 Å². The lowest BCUT2D eigenvalue weighted by atomic mass is 10.2. The van der Waals surface area contributed by atoms with Gasteiger partial charge in [0, 0.05) is 0 Å². The van der Waals surface area contributed by atoms with E-state index < -0.39 is 5.97 Å². The molecule has 0 saturated carbocycles. The van der Waals surface area contributed by atoms with Crippen molar-refractivity contribution < 1.29 is 14.3 Å². The molecule has 1 aromatic heterocycles. The first-order valence-electron chi connectivity index (χ1n) is 5.65. The van der Waals surface area contributed by atoms with Crippen molar-refractivity contribution in [1.82, 2.24) is 4.98 Å². The van der Waals surface area contributed by atoms with Crippen LogP contribution in [0.4, 0.5) is 0 Å². The Balaban J connectivity index is 2.26. The molecule has 0 unspecified atom stereocenters. The van der Waals surface area contributed by atoms with Crippen LogP contribution in [0.3, 0.4) is 0 Å². The van der Waals surface area contributed by atoms with Crippen LogP contribution in [0.25, 0.3) is 22.6 Å². The van der Waals surface area contributed by atoms with Crippen LogP contribution in [0.2, 0.25) is 10.0 Å². The Labute approximate surface area is 123 Å². The molecule has 1 heterocycles. The zero-order valence-corrected chi connectivity index (χ0v) is 11.4. The predicted molar refractivity (Wildman–Crippen MR) is 76.4 cm³/mol. The van der Waals surface area contributed by atoms with E-state index in [1.54, 1.807) is 30.3 Å². The summed E-state index contributed by atoms with van der Waals surface area (Å²) in [6.45, 7) is 0. The molecule has 0 aliphatic carbocycles. The summed E-state index contributed by atoms with van der Waals surface area (Å²) < 4.78 is 5.55. The Morgan fingerprint density at radius 3 is 2.65 bits per heavy atom. The highest BCUT2D eigenvalue weighted by Crippen LogP contribution is 2.35. The van der Waals surface area contributed by atoms with E-state index in [0.717, 1.165) is 0 Å². The Morgan fingerprint density at radius 1 is 1.15 bits per heavy atom. The minimum atomic E-state index is -1.07. The number of benzene rings is 2. The SMILES string of the molecule is O=C(O)c1cccc2nc(-c3cccc(Cl)c3Cl)oc12. The van der Waals surface area contributed by atoms with Gasteiger partial charge in [-0.15, -0.1) is 0 Å². The Morgan fingerprint density at radius 2 is 1.90 bits per heavy atom. The molecule has 100 valence electrons. The van der Waals surface area contributed by atoms with Gasteiger partial charge < -0.3 is 9.52 Å². The summed E-state index contributed by atoms with van der Waals surface area (Å²) >= 11 is 12.1. The summed E-state index contributed by atoms with van der Waals surface area (Å²) in [5.74, 6) is -0.836. The van der Waals surface area contributed by atoms with Crippen LogP contribution in [-0.4, -0.2) is 16.1 Å². The first kappa shape index (κ1) is 13.0. The standard InChI is InChI=1S/C14H7Cl2NO3/c15-9-5-1-3-7(11(9)16)13-17-10-6-2-4-8(14(18)19)12(10)20-13/h1-6H,(H,18,19). The van der Waals surface area contributed by atoms with Crippen molar-refractivity contribution in [2.24, 2.45) is 0 Å². The number of carboxylic acids is 1. The highest BCUT2D eigenvalue weighted by molar-refractivity contribution is 6.43. The number of fused-ring (bicyclic) bond motifs is 1. The molecule has 0 radical (unpaired) electrons. The lowest BCUT2D eigenvalue weighted by Gasteiger charge is -2.00. The molecule has 0 bridgehead atoms. The summed E-state index contributed by atoms with van der Waals surface area (Å²) in [5.41, 5.74) is 1.24. The van der Waals surface area contributed by atoms with Crippen molar-refractivity contribution in [3.63, 3.8) is 0 Å². The van der Waals surface area contributed by atoms with Crippen LogP contribution in [-0.2, 0) is 0 Å². The minimum Gasteiger partial charge on any atom is -0.478 e. The zero-order chi connectivity index (χ0) is 14.3. The number of aromatic nitrogens is 1. The lowest BCUT2D eigenvalue weighted by molar-refractivity contribution is 0.0698. The van der Waals surface area contributed by atoms with Gasteiger partial charge >= 0.3 is 5.97 Å². The predicted octanol–water partition coefficient (Wildman–Crippen LogP) is 4.50. The van der Waals surface area contributed by atoms with E-state index in [4.69, 9.17) is 32.7 Å². The van der Waals surface area contributed by atoms with Crippen molar-refractivity contribution in [3.05, 3.63) is 52.0 Å². The third kappa shape index (κ3) is 2.03. The normalized spacial score (nSPS) is 10.9. The molecule has 0 fully saturated rings. The van der Waals surface area contributed by atoms with Gasteiger partial charge in [0.05, 0.1) is 15.6 Å². The second-order valence-electron chi connectivity index (χ2n) is 4.08. The zero-order valence-electron chi connectivity index (χ0n) is 9.93. The van der Waals surface area contributed by atoms with Crippen LogP contribution in [0.1, 0.15) is 10.4 Å². The third-order valence-electron chi connectivity index (χ3n) is 2.83. The summed E-state index contributed by atoms with van der Waals surface area (Å²) in [7, 11) is 0. The van der Waals surface area contributed by atoms with Crippen LogP contribution in [0.15, 0.2) is 40.8 Å². The van der Waals surface area contributed by atoms with Gasteiger partial charge in [0.2, 0.25) is 5.89 Å². The fourth-order valence-corrected chi connectivity index (χ4v) is 2.28. The first-order chi connectivity index (χ1) is 9.58. The summed E-state index contributed by atoms with van der Waals surface area (Å²) in [5, 5.41) is 9.82.